The Hall–Kier alpha value is -1.26. The van der Waals surface area contributed by atoms with Crippen molar-refractivity contribution in [1.82, 2.24) is 10.2 Å². The largest absolute Gasteiger partial charge is 0.495 e. The molecule has 33 heavy (non-hydrogen) atoms. The quantitative estimate of drug-likeness (QED) is 0.305. The average molecular weight is 573 g/mol. The molecule has 7 nitrogen and oxygen atoms in total. The molecular weight excluding hydrogens is 531 g/mol. The first-order valence-electron chi connectivity index (χ1n) is 12.3. The van der Waals surface area contributed by atoms with E-state index >= 15 is 0 Å². The Kier molecular flexibility index (Phi) is 10.8. The Balaban J connectivity index is 0.00000306. The van der Waals surface area contributed by atoms with Gasteiger partial charge in [0.2, 0.25) is 0 Å². The van der Waals surface area contributed by atoms with Gasteiger partial charge in [0.05, 0.1) is 31.6 Å². The predicted octanol–water partition coefficient (Wildman–Crippen LogP) is 3.77. The zero-order chi connectivity index (χ0) is 22.2. The van der Waals surface area contributed by atoms with Crippen molar-refractivity contribution in [3.63, 3.8) is 0 Å². The van der Waals surface area contributed by atoms with Crippen molar-refractivity contribution in [2.75, 3.05) is 65.0 Å². The molecule has 2 unspecified atom stereocenters. The number of methoxy groups -OCH3 is 1. The van der Waals surface area contributed by atoms with Crippen molar-refractivity contribution in [1.29, 1.82) is 0 Å². The number of guanidine groups is 1. The highest BCUT2D eigenvalue weighted by molar-refractivity contribution is 14.0. The smallest absolute Gasteiger partial charge is 0.193 e. The van der Waals surface area contributed by atoms with Crippen molar-refractivity contribution in [2.24, 2.45) is 10.9 Å². The number of likely N-dealkylation sites (tertiary alicyclic amines) is 1. The fourth-order valence-electron chi connectivity index (χ4n) is 5.09. The molecule has 3 saturated heterocycles. The van der Waals surface area contributed by atoms with Gasteiger partial charge in [-0.25, -0.2) is 0 Å². The fourth-order valence-corrected chi connectivity index (χ4v) is 5.09. The van der Waals surface area contributed by atoms with Gasteiger partial charge in [0.1, 0.15) is 5.75 Å². The lowest BCUT2D eigenvalue weighted by atomic mass is 10.1. The summed E-state index contributed by atoms with van der Waals surface area (Å²) in [6.07, 6.45) is 7.55. The number of hydrogen-bond donors (Lipinski definition) is 1. The maximum Gasteiger partial charge on any atom is 0.193 e. The molecule has 3 fully saturated rings. The van der Waals surface area contributed by atoms with E-state index in [4.69, 9.17) is 14.2 Å². The summed E-state index contributed by atoms with van der Waals surface area (Å²) in [6.45, 7) is 6.70. The Morgan fingerprint density at radius 2 is 1.94 bits per heavy atom. The zero-order valence-corrected chi connectivity index (χ0v) is 22.5. The molecule has 0 aromatic heterocycles. The van der Waals surface area contributed by atoms with Crippen LogP contribution >= 0.6 is 24.0 Å². The highest BCUT2D eigenvalue weighted by atomic mass is 127. The van der Waals surface area contributed by atoms with Gasteiger partial charge >= 0.3 is 0 Å². The Morgan fingerprint density at radius 1 is 1.12 bits per heavy atom. The molecule has 1 aromatic carbocycles. The third-order valence-electron chi connectivity index (χ3n) is 7.01. The molecule has 0 spiro atoms. The molecule has 0 saturated carbocycles. The minimum Gasteiger partial charge on any atom is -0.495 e. The van der Waals surface area contributed by atoms with Crippen molar-refractivity contribution >= 4 is 35.6 Å². The second kappa shape index (κ2) is 13.6. The number of aliphatic imine (C=N–C) groups is 1. The van der Waals surface area contributed by atoms with E-state index in [-0.39, 0.29) is 24.0 Å². The number of nitrogens with one attached hydrogen (secondary N) is 1. The number of anilines is 1. The van der Waals surface area contributed by atoms with E-state index in [9.17, 15) is 0 Å². The van der Waals surface area contributed by atoms with E-state index < -0.39 is 0 Å². The first-order chi connectivity index (χ1) is 15.8. The first-order valence-corrected chi connectivity index (χ1v) is 12.3. The maximum absolute atomic E-state index is 6.17. The summed E-state index contributed by atoms with van der Waals surface area (Å²) in [5.41, 5.74) is 1.20. The summed E-state index contributed by atoms with van der Waals surface area (Å²) in [6, 6.07) is 8.30. The molecule has 0 radical (unpaired) electrons. The van der Waals surface area contributed by atoms with Crippen LogP contribution < -0.4 is 15.0 Å². The van der Waals surface area contributed by atoms with Crippen LogP contribution in [-0.2, 0) is 9.47 Å². The third-order valence-corrected chi connectivity index (χ3v) is 7.01. The number of piperidine rings is 1. The van der Waals surface area contributed by atoms with Crippen molar-refractivity contribution in [3.8, 4) is 5.75 Å². The van der Waals surface area contributed by atoms with E-state index in [1.165, 1.54) is 24.9 Å². The van der Waals surface area contributed by atoms with E-state index in [2.05, 4.69) is 32.2 Å². The van der Waals surface area contributed by atoms with Crippen LogP contribution in [0.15, 0.2) is 29.3 Å². The molecule has 186 valence electrons. The van der Waals surface area contributed by atoms with Gasteiger partial charge in [-0.3, -0.25) is 4.99 Å². The number of benzene rings is 1. The standard InChI is InChI=1S/C25H40N4O3.HI/c1-26-25(28-14-11-21(12-15-28)32-19-22-7-5-6-16-31-22)27-17-20-10-13-29(18-20)23-8-3-4-9-24(23)30-2;/h3-4,8-9,20-22H,5-7,10-19H2,1-2H3,(H,26,27);1H. The van der Waals surface area contributed by atoms with Crippen LogP contribution in [0.4, 0.5) is 5.69 Å². The van der Waals surface area contributed by atoms with Crippen molar-refractivity contribution in [3.05, 3.63) is 24.3 Å². The molecule has 1 N–H and O–H groups in total. The third kappa shape index (κ3) is 7.36. The summed E-state index contributed by atoms with van der Waals surface area (Å²) in [7, 11) is 3.64. The number of para-hydroxylation sites is 2. The van der Waals surface area contributed by atoms with Crippen LogP contribution in [0.1, 0.15) is 38.5 Å². The number of ether oxygens (including phenoxy) is 3. The van der Waals surface area contributed by atoms with Gasteiger partial charge in [0.15, 0.2) is 5.96 Å². The number of hydrogen-bond acceptors (Lipinski definition) is 5. The monoisotopic (exact) mass is 572 g/mol. The second-order valence-corrected chi connectivity index (χ2v) is 9.21. The lowest BCUT2D eigenvalue weighted by molar-refractivity contribution is -0.0721. The SMILES string of the molecule is CN=C(NCC1CCN(c2ccccc2OC)C1)N1CCC(OCC2CCCCO2)CC1.I. The lowest BCUT2D eigenvalue weighted by Gasteiger charge is -2.35. The number of nitrogens with zero attached hydrogens (tertiary/aromatic N) is 3. The normalized spacial score (nSPS) is 24.5. The van der Waals surface area contributed by atoms with Gasteiger partial charge in [-0.15, -0.1) is 24.0 Å². The van der Waals surface area contributed by atoms with Gasteiger partial charge in [0, 0.05) is 46.4 Å². The van der Waals surface area contributed by atoms with Crippen LogP contribution in [0.5, 0.6) is 5.75 Å². The highest BCUT2D eigenvalue weighted by Gasteiger charge is 2.27. The van der Waals surface area contributed by atoms with Gasteiger partial charge in [0.25, 0.3) is 0 Å². The fraction of sp³-hybridized carbons (Fsp3) is 0.720. The van der Waals surface area contributed by atoms with E-state index in [0.717, 1.165) is 76.9 Å². The number of halogens is 1. The molecule has 3 aliphatic heterocycles. The predicted molar refractivity (Wildman–Crippen MR) is 144 cm³/mol. The van der Waals surface area contributed by atoms with Crippen molar-refractivity contribution < 1.29 is 14.2 Å². The van der Waals surface area contributed by atoms with Crippen LogP contribution in [-0.4, -0.2) is 83.2 Å². The van der Waals surface area contributed by atoms with E-state index in [0.29, 0.717) is 18.1 Å². The summed E-state index contributed by atoms with van der Waals surface area (Å²) >= 11 is 0. The molecule has 3 heterocycles. The Bertz CT molecular complexity index is 736. The lowest BCUT2D eigenvalue weighted by Crippen LogP contribution is -2.48. The molecule has 0 amide bonds. The Morgan fingerprint density at radius 3 is 2.67 bits per heavy atom. The minimum atomic E-state index is 0. The van der Waals surface area contributed by atoms with E-state index in [1.54, 1.807) is 7.11 Å². The molecule has 8 heteroatoms. The van der Waals surface area contributed by atoms with Gasteiger partial charge < -0.3 is 29.3 Å². The summed E-state index contributed by atoms with van der Waals surface area (Å²) in [4.78, 5) is 9.37. The maximum atomic E-state index is 6.17. The Labute approximate surface area is 216 Å². The first kappa shape index (κ1) is 26.3. The summed E-state index contributed by atoms with van der Waals surface area (Å²) < 4.78 is 17.5. The summed E-state index contributed by atoms with van der Waals surface area (Å²) in [5.74, 6) is 2.58. The van der Waals surface area contributed by atoms with Crippen LogP contribution in [0.2, 0.25) is 0 Å². The molecule has 0 aliphatic carbocycles. The second-order valence-electron chi connectivity index (χ2n) is 9.21. The molecular formula is C25H41IN4O3. The van der Waals surface area contributed by atoms with Gasteiger partial charge in [-0.05, 0) is 56.6 Å². The average Bonchev–Trinajstić information content (AvgIpc) is 3.33. The molecule has 2 atom stereocenters. The van der Waals surface area contributed by atoms with E-state index in [1.807, 2.05) is 19.2 Å². The number of rotatable bonds is 7. The van der Waals surface area contributed by atoms with Crippen molar-refractivity contribution in [2.45, 2.75) is 50.7 Å². The minimum absolute atomic E-state index is 0. The van der Waals surface area contributed by atoms with Gasteiger partial charge in [-0.2, -0.15) is 0 Å². The van der Waals surface area contributed by atoms with Crippen LogP contribution in [0, 0.1) is 5.92 Å². The van der Waals surface area contributed by atoms with Crippen LogP contribution in [0.3, 0.4) is 0 Å². The highest BCUT2D eigenvalue weighted by Crippen LogP contribution is 2.31. The molecule has 4 rings (SSSR count). The topological polar surface area (TPSA) is 58.6 Å². The van der Waals surface area contributed by atoms with Gasteiger partial charge in [-0.1, -0.05) is 12.1 Å². The van der Waals surface area contributed by atoms with Crippen LogP contribution in [0.25, 0.3) is 0 Å². The molecule has 3 aliphatic rings. The zero-order valence-electron chi connectivity index (χ0n) is 20.2. The molecule has 1 aromatic rings. The molecule has 0 bridgehead atoms. The summed E-state index contributed by atoms with van der Waals surface area (Å²) in [5, 5.41) is 3.64.